The molecule has 1 atom stereocenters. The molecule has 10 heteroatoms. The van der Waals surface area contributed by atoms with Crippen LogP contribution in [-0.2, 0) is 11.3 Å². The number of hydrogen-bond acceptors (Lipinski definition) is 6. The summed E-state index contributed by atoms with van der Waals surface area (Å²) in [6.45, 7) is 1.82. The maximum atomic E-state index is 14.3. The maximum Gasteiger partial charge on any atom is 0.251 e. The number of thiol groups is 1. The van der Waals surface area contributed by atoms with Crippen LogP contribution in [-0.4, -0.2) is 51.0 Å². The SMILES string of the molecule is O=c1cc(-c2cn(S)c3ncc(N4CCOC(CO)C4)cc23)ccn1Cc1cccc(Cl)c1F. The first-order valence-electron chi connectivity index (χ1n) is 10.8. The molecule has 0 radical (unpaired) electrons. The number of morpholine rings is 1. The number of pyridine rings is 2. The van der Waals surface area contributed by atoms with Gasteiger partial charge in [0.05, 0.1) is 42.8 Å². The Hall–Kier alpha value is -2.85. The molecular formula is C24H22ClFN4O3S. The predicted octanol–water partition coefficient (Wildman–Crippen LogP) is 3.60. The Labute approximate surface area is 205 Å². The molecule has 1 fully saturated rings. The summed E-state index contributed by atoms with van der Waals surface area (Å²) in [6.07, 6.45) is 4.99. The summed E-state index contributed by atoms with van der Waals surface area (Å²) in [4.78, 5) is 19.6. The van der Waals surface area contributed by atoms with Crippen molar-refractivity contribution < 1.29 is 14.2 Å². The van der Waals surface area contributed by atoms with Gasteiger partial charge in [0.2, 0.25) is 0 Å². The second-order valence-electron chi connectivity index (χ2n) is 8.17. The maximum absolute atomic E-state index is 14.3. The summed E-state index contributed by atoms with van der Waals surface area (Å²) in [6, 6.07) is 10.1. The molecule has 7 nitrogen and oxygen atoms in total. The molecule has 176 valence electrons. The third-order valence-electron chi connectivity index (χ3n) is 6.00. The van der Waals surface area contributed by atoms with Gasteiger partial charge in [0.25, 0.3) is 5.56 Å². The van der Waals surface area contributed by atoms with Gasteiger partial charge in [-0.25, -0.2) is 9.37 Å². The number of rotatable bonds is 5. The molecule has 3 aromatic heterocycles. The van der Waals surface area contributed by atoms with Gasteiger partial charge in [0.1, 0.15) is 5.82 Å². The van der Waals surface area contributed by atoms with Crippen molar-refractivity contribution in [3.05, 3.63) is 81.7 Å². The number of halogens is 2. The number of aliphatic hydroxyl groups is 1. The monoisotopic (exact) mass is 500 g/mol. The smallest absolute Gasteiger partial charge is 0.251 e. The highest BCUT2D eigenvalue weighted by Gasteiger charge is 2.21. The van der Waals surface area contributed by atoms with Crippen LogP contribution in [0.25, 0.3) is 22.2 Å². The van der Waals surface area contributed by atoms with Crippen LogP contribution in [0.4, 0.5) is 10.1 Å². The number of aromatic nitrogens is 3. The van der Waals surface area contributed by atoms with Crippen LogP contribution in [0, 0.1) is 5.82 Å². The molecule has 34 heavy (non-hydrogen) atoms. The normalized spacial score (nSPS) is 16.4. The summed E-state index contributed by atoms with van der Waals surface area (Å²) in [5.74, 6) is -0.525. The molecule has 1 aliphatic heterocycles. The largest absolute Gasteiger partial charge is 0.394 e. The minimum atomic E-state index is -0.525. The van der Waals surface area contributed by atoms with E-state index in [2.05, 4.69) is 22.7 Å². The van der Waals surface area contributed by atoms with Gasteiger partial charge >= 0.3 is 0 Å². The van der Waals surface area contributed by atoms with Gasteiger partial charge < -0.3 is 19.3 Å². The lowest BCUT2D eigenvalue weighted by molar-refractivity contribution is 0.00356. The Kier molecular flexibility index (Phi) is 6.35. The molecule has 0 aliphatic carbocycles. The van der Waals surface area contributed by atoms with E-state index in [-0.39, 0.29) is 29.8 Å². The van der Waals surface area contributed by atoms with Crippen LogP contribution >= 0.6 is 24.4 Å². The molecule has 1 saturated heterocycles. The third-order valence-corrected chi connectivity index (χ3v) is 6.59. The van der Waals surface area contributed by atoms with Gasteiger partial charge in [-0.3, -0.25) is 8.77 Å². The van der Waals surface area contributed by atoms with Gasteiger partial charge in [0.15, 0.2) is 5.65 Å². The standard InChI is InChI=1S/C24H22ClFN4O3S/c25-21-3-1-2-16(23(21)26)11-29-5-4-15(8-22(29)32)20-13-30(34)24-19(20)9-17(10-27-24)28-6-7-33-18(12-28)14-31/h1-5,8-10,13,18,31,34H,6-7,11-12,14H2. The molecule has 1 N–H and O–H groups in total. The van der Waals surface area contributed by atoms with E-state index < -0.39 is 5.82 Å². The summed E-state index contributed by atoms with van der Waals surface area (Å²) < 4.78 is 22.9. The second kappa shape index (κ2) is 9.42. The fourth-order valence-electron chi connectivity index (χ4n) is 4.21. The molecule has 0 amide bonds. The first-order valence-corrected chi connectivity index (χ1v) is 11.5. The Bertz CT molecular complexity index is 1420. The zero-order valence-corrected chi connectivity index (χ0v) is 19.7. The highest BCUT2D eigenvalue weighted by atomic mass is 35.5. The van der Waals surface area contributed by atoms with Crippen molar-refractivity contribution in [1.82, 2.24) is 13.5 Å². The third kappa shape index (κ3) is 4.32. The van der Waals surface area contributed by atoms with Crippen molar-refractivity contribution in [2.75, 3.05) is 31.2 Å². The topological polar surface area (TPSA) is 72.5 Å². The van der Waals surface area contributed by atoms with E-state index in [0.29, 0.717) is 36.5 Å². The number of fused-ring (bicyclic) bond motifs is 1. The number of benzene rings is 1. The lowest BCUT2D eigenvalue weighted by Crippen LogP contribution is -2.44. The molecule has 1 aliphatic rings. The Morgan fingerprint density at radius 1 is 1.29 bits per heavy atom. The number of nitrogens with zero attached hydrogens (tertiary/aromatic N) is 4. The molecule has 0 bridgehead atoms. The summed E-state index contributed by atoms with van der Waals surface area (Å²) in [5, 5.41) is 10.3. The van der Waals surface area contributed by atoms with E-state index in [0.717, 1.165) is 16.6 Å². The first-order chi connectivity index (χ1) is 16.4. The van der Waals surface area contributed by atoms with E-state index in [4.69, 9.17) is 16.3 Å². The van der Waals surface area contributed by atoms with E-state index in [9.17, 15) is 14.3 Å². The van der Waals surface area contributed by atoms with Crippen molar-refractivity contribution in [3.63, 3.8) is 0 Å². The van der Waals surface area contributed by atoms with Crippen molar-refractivity contribution in [2.24, 2.45) is 0 Å². The van der Waals surface area contributed by atoms with Crippen LogP contribution in [0.3, 0.4) is 0 Å². The molecule has 5 rings (SSSR count). The Morgan fingerprint density at radius 3 is 2.94 bits per heavy atom. The summed E-state index contributed by atoms with van der Waals surface area (Å²) in [7, 11) is 0. The molecule has 0 saturated carbocycles. The zero-order valence-electron chi connectivity index (χ0n) is 18.1. The lowest BCUT2D eigenvalue weighted by Gasteiger charge is -2.33. The Balaban J connectivity index is 1.49. The van der Waals surface area contributed by atoms with Crippen molar-refractivity contribution >= 4 is 41.1 Å². The van der Waals surface area contributed by atoms with Crippen LogP contribution in [0.2, 0.25) is 5.02 Å². The summed E-state index contributed by atoms with van der Waals surface area (Å²) >= 11 is 10.4. The molecule has 1 unspecified atom stereocenters. The van der Waals surface area contributed by atoms with Gasteiger partial charge in [-0.1, -0.05) is 36.5 Å². The minimum absolute atomic E-state index is 0.0256. The van der Waals surface area contributed by atoms with Crippen LogP contribution in [0.5, 0.6) is 0 Å². The van der Waals surface area contributed by atoms with E-state index in [1.165, 1.54) is 16.7 Å². The van der Waals surface area contributed by atoms with E-state index >= 15 is 0 Å². The van der Waals surface area contributed by atoms with Gasteiger partial charge in [-0.2, -0.15) is 0 Å². The number of ether oxygens (including phenoxy) is 1. The Morgan fingerprint density at radius 2 is 2.15 bits per heavy atom. The number of aliphatic hydroxyl groups excluding tert-OH is 1. The number of hydrogen-bond donors (Lipinski definition) is 2. The minimum Gasteiger partial charge on any atom is -0.394 e. The van der Waals surface area contributed by atoms with E-state index in [1.807, 2.05) is 18.3 Å². The molecular weight excluding hydrogens is 479 g/mol. The predicted molar refractivity (Wildman–Crippen MR) is 133 cm³/mol. The highest BCUT2D eigenvalue weighted by Crippen LogP contribution is 2.32. The molecule has 0 spiro atoms. The first kappa shape index (κ1) is 22.9. The van der Waals surface area contributed by atoms with Gasteiger partial charge in [-0.05, 0) is 23.8 Å². The van der Waals surface area contributed by atoms with Crippen LogP contribution in [0.1, 0.15) is 5.56 Å². The van der Waals surface area contributed by atoms with Crippen LogP contribution in [0.15, 0.2) is 59.8 Å². The van der Waals surface area contributed by atoms with E-state index in [1.54, 1.807) is 28.5 Å². The van der Waals surface area contributed by atoms with Gasteiger partial charge in [-0.15, -0.1) is 0 Å². The van der Waals surface area contributed by atoms with Crippen molar-refractivity contribution in [2.45, 2.75) is 12.6 Å². The van der Waals surface area contributed by atoms with Gasteiger partial charge in [0, 0.05) is 48.1 Å². The zero-order chi connectivity index (χ0) is 23.8. The van der Waals surface area contributed by atoms with Crippen molar-refractivity contribution in [3.8, 4) is 11.1 Å². The van der Waals surface area contributed by atoms with Crippen molar-refractivity contribution in [1.29, 1.82) is 0 Å². The molecule has 4 heterocycles. The lowest BCUT2D eigenvalue weighted by atomic mass is 10.1. The van der Waals surface area contributed by atoms with Crippen LogP contribution < -0.4 is 10.5 Å². The second-order valence-corrected chi connectivity index (χ2v) is 9.01. The fourth-order valence-corrected chi connectivity index (χ4v) is 4.68. The quantitative estimate of drug-likeness (QED) is 0.410. The fraction of sp³-hybridized carbons (Fsp3) is 0.250. The summed E-state index contributed by atoms with van der Waals surface area (Å²) in [5.41, 5.74) is 3.16. The average molecular weight is 501 g/mol. The highest BCUT2D eigenvalue weighted by molar-refractivity contribution is 7.78. The molecule has 1 aromatic carbocycles. The average Bonchev–Trinajstić information content (AvgIpc) is 3.19. The number of anilines is 1. The molecule has 4 aromatic rings.